The first kappa shape index (κ1) is 15.8. The monoisotopic (exact) mass is 272 g/mol. The molecule has 1 rings (SSSR count). The van der Waals surface area contributed by atoms with Gasteiger partial charge in [0, 0.05) is 39.1 Å². The molecule has 19 heavy (non-hydrogen) atoms. The molecule has 6 heteroatoms. The van der Waals surface area contributed by atoms with E-state index >= 15 is 0 Å². The third-order valence-electron chi connectivity index (χ3n) is 3.79. The van der Waals surface area contributed by atoms with E-state index < -0.39 is 11.5 Å². The Kier molecular flexibility index (Phi) is 5.60. The Labute approximate surface area is 114 Å². The van der Waals surface area contributed by atoms with Gasteiger partial charge >= 0.3 is 12.0 Å². The summed E-state index contributed by atoms with van der Waals surface area (Å²) in [4.78, 5) is 25.2. The van der Waals surface area contributed by atoms with Crippen LogP contribution < -0.4 is 5.32 Å². The molecule has 0 aromatic carbocycles. The van der Waals surface area contributed by atoms with Crippen LogP contribution in [0.4, 0.5) is 4.79 Å². The number of nitrogens with zero attached hydrogens (tertiary/aromatic N) is 1. The van der Waals surface area contributed by atoms with E-state index in [-0.39, 0.29) is 12.1 Å². The van der Waals surface area contributed by atoms with Crippen molar-refractivity contribution in [2.24, 2.45) is 0 Å². The first-order valence-corrected chi connectivity index (χ1v) is 6.79. The van der Waals surface area contributed by atoms with Crippen molar-refractivity contribution in [3.63, 3.8) is 0 Å². The number of carbonyl (C=O) groups is 2. The lowest BCUT2D eigenvalue weighted by atomic mass is 9.90. The van der Waals surface area contributed by atoms with Crippen molar-refractivity contribution in [2.45, 2.75) is 51.1 Å². The number of ether oxygens (including phenoxy) is 1. The summed E-state index contributed by atoms with van der Waals surface area (Å²) in [6.45, 7) is 4.74. The first-order valence-electron chi connectivity index (χ1n) is 6.79. The molecule has 0 aliphatic carbocycles. The molecule has 1 aliphatic heterocycles. The maximum Gasteiger partial charge on any atom is 0.329 e. The Hall–Kier alpha value is -1.30. The number of urea groups is 1. The van der Waals surface area contributed by atoms with Crippen LogP contribution in [0.3, 0.4) is 0 Å². The number of rotatable bonds is 5. The molecule has 0 saturated carbocycles. The molecule has 1 saturated heterocycles. The quantitative estimate of drug-likeness (QED) is 0.794. The Bertz CT molecular complexity index is 327. The Morgan fingerprint density at radius 2 is 2.00 bits per heavy atom. The molecule has 0 aromatic rings. The standard InChI is InChI=1S/C13H24N2O4/c1-4-5-10(2)15(3)12(18)14-13(11(16)17)6-8-19-9-7-13/h10H,4-9H2,1-3H3,(H,14,18)(H,16,17). The normalized spacial score (nSPS) is 19.5. The molecule has 1 atom stereocenters. The maximum absolute atomic E-state index is 12.1. The Balaban J connectivity index is 2.69. The molecule has 0 bridgehead atoms. The molecule has 0 aromatic heterocycles. The summed E-state index contributed by atoms with van der Waals surface area (Å²) in [5, 5.41) is 12.1. The van der Waals surface area contributed by atoms with Crippen LogP contribution in [-0.2, 0) is 9.53 Å². The van der Waals surface area contributed by atoms with E-state index in [2.05, 4.69) is 12.2 Å². The van der Waals surface area contributed by atoms with Crippen LogP contribution in [0.1, 0.15) is 39.5 Å². The van der Waals surface area contributed by atoms with Crippen LogP contribution in [0.15, 0.2) is 0 Å². The fourth-order valence-electron chi connectivity index (χ4n) is 2.22. The fourth-order valence-corrected chi connectivity index (χ4v) is 2.22. The molecule has 2 N–H and O–H groups in total. The van der Waals surface area contributed by atoms with Gasteiger partial charge in [0.2, 0.25) is 0 Å². The second-order valence-electron chi connectivity index (χ2n) is 5.18. The van der Waals surface area contributed by atoms with E-state index in [4.69, 9.17) is 4.74 Å². The molecular weight excluding hydrogens is 248 g/mol. The van der Waals surface area contributed by atoms with Crippen LogP contribution in [0.25, 0.3) is 0 Å². The first-order chi connectivity index (χ1) is 8.93. The SMILES string of the molecule is CCCC(C)N(C)C(=O)NC1(C(=O)O)CCOCC1. The van der Waals surface area contributed by atoms with E-state index in [0.717, 1.165) is 12.8 Å². The van der Waals surface area contributed by atoms with Gasteiger partial charge in [0.15, 0.2) is 0 Å². The van der Waals surface area contributed by atoms with Gasteiger partial charge in [-0.05, 0) is 13.3 Å². The van der Waals surface area contributed by atoms with Gasteiger partial charge in [-0.2, -0.15) is 0 Å². The number of hydrogen-bond donors (Lipinski definition) is 2. The Morgan fingerprint density at radius 3 is 2.47 bits per heavy atom. The lowest BCUT2D eigenvalue weighted by Gasteiger charge is -2.36. The summed E-state index contributed by atoms with van der Waals surface area (Å²) in [6, 6.07) is -0.235. The van der Waals surface area contributed by atoms with E-state index in [0.29, 0.717) is 26.1 Å². The average molecular weight is 272 g/mol. The van der Waals surface area contributed by atoms with Gasteiger partial charge in [0.1, 0.15) is 5.54 Å². The molecule has 1 unspecified atom stereocenters. The number of carboxylic acids is 1. The lowest BCUT2D eigenvalue weighted by Crippen LogP contribution is -2.60. The van der Waals surface area contributed by atoms with Crippen LogP contribution in [-0.4, -0.2) is 53.8 Å². The van der Waals surface area contributed by atoms with Crippen molar-refractivity contribution in [1.29, 1.82) is 0 Å². The van der Waals surface area contributed by atoms with Crippen molar-refractivity contribution in [3.05, 3.63) is 0 Å². The highest BCUT2D eigenvalue weighted by molar-refractivity contribution is 5.86. The minimum atomic E-state index is -1.18. The predicted molar refractivity (Wildman–Crippen MR) is 71.1 cm³/mol. The molecule has 1 fully saturated rings. The van der Waals surface area contributed by atoms with Crippen molar-refractivity contribution in [3.8, 4) is 0 Å². The van der Waals surface area contributed by atoms with Gasteiger partial charge in [0.25, 0.3) is 0 Å². The second-order valence-corrected chi connectivity index (χ2v) is 5.18. The molecule has 0 spiro atoms. The zero-order valence-corrected chi connectivity index (χ0v) is 11.9. The van der Waals surface area contributed by atoms with Gasteiger partial charge in [0.05, 0.1) is 0 Å². The van der Waals surface area contributed by atoms with Gasteiger partial charge in [-0.15, -0.1) is 0 Å². The third-order valence-corrected chi connectivity index (χ3v) is 3.79. The van der Waals surface area contributed by atoms with E-state index in [1.165, 1.54) is 0 Å². The predicted octanol–water partition coefficient (Wildman–Crippen LogP) is 1.45. The number of aliphatic carboxylic acids is 1. The van der Waals surface area contributed by atoms with E-state index in [1.54, 1.807) is 11.9 Å². The minimum absolute atomic E-state index is 0.0932. The number of carbonyl (C=O) groups excluding carboxylic acids is 1. The zero-order chi connectivity index (χ0) is 14.5. The van der Waals surface area contributed by atoms with E-state index in [1.807, 2.05) is 6.92 Å². The highest BCUT2D eigenvalue weighted by atomic mass is 16.5. The summed E-state index contributed by atoms with van der Waals surface area (Å²) in [5.74, 6) is -0.985. The van der Waals surface area contributed by atoms with Crippen molar-refractivity contribution in [2.75, 3.05) is 20.3 Å². The largest absolute Gasteiger partial charge is 0.480 e. The topological polar surface area (TPSA) is 78.9 Å². The van der Waals surface area contributed by atoms with Gasteiger partial charge in [-0.3, -0.25) is 0 Å². The van der Waals surface area contributed by atoms with Crippen molar-refractivity contribution >= 4 is 12.0 Å². The molecule has 0 radical (unpaired) electrons. The minimum Gasteiger partial charge on any atom is -0.480 e. The van der Waals surface area contributed by atoms with Crippen LogP contribution in [0.2, 0.25) is 0 Å². The number of hydrogen-bond acceptors (Lipinski definition) is 3. The highest BCUT2D eigenvalue weighted by Gasteiger charge is 2.42. The highest BCUT2D eigenvalue weighted by Crippen LogP contribution is 2.21. The summed E-state index contributed by atoms with van der Waals surface area (Å²) in [7, 11) is 1.70. The average Bonchev–Trinajstić information content (AvgIpc) is 2.39. The fraction of sp³-hybridized carbons (Fsp3) is 0.846. The number of nitrogens with one attached hydrogen (secondary N) is 1. The zero-order valence-electron chi connectivity index (χ0n) is 11.9. The van der Waals surface area contributed by atoms with Gasteiger partial charge in [-0.25, -0.2) is 9.59 Å². The maximum atomic E-state index is 12.1. The second kappa shape index (κ2) is 6.75. The molecular formula is C13H24N2O4. The summed E-state index contributed by atoms with van der Waals surface area (Å²) in [5.41, 5.74) is -1.18. The Morgan fingerprint density at radius 1 is 1.42 bits per heavy atom. The summed E-state index contributed by atoms with van der Waals surface area (Å²) in [6.07, 6.45) is 2.50. The smallest absolute Gasteiger partial charge is 0.329 e. The molecule has 110 valence electrons. The van der Waals surface area contributed by atoms with Crippen LogP contribution in [0.5, 0.6) is 0 Å². The molecule has 2 amide bonds. The van der Waals surface area contributed by atoms with Crippen LogP contribution in [0, 0.1) is 0 Å². The third kappa shape index (κ3) is 3.83. The van der Waals surface area contributed by atoms with Crippen molar-refractivity contribution in [1.82, 2.24) is 10.2 Å². The number of carboxylic acid groups (broad SMARTS) is 1. The summed E-state index contributed by atoms with van der Waals surface area (Å²) < 4.78 is 5.17. The number of amides is 2. The van der Waals surface area contributed by atoms with Crippen molar-refractivity contribution < 1.29 is 19.4 Å². The molecule has 1 aliphatic rings. The van der Waals surface area contributed by atoms with E-state index in [9.17, 15) is 14.7 Å². The van der Waals surface area contributed by atoms with Gasteiger partial charge in [-0.1, -0.05) is 13.3 Å². The lowest BCUT2D eigenvalue weighted by molar-refractivity contribution is -0.148. The van der Waals surface area contributed by atoms with Gasteiger partial charge < -0.3 is 20.1 Å². The molecule has 6 nitrogen and oxygen atoms in total. The molecule has 1 heterocycles. The van der Waals surface area contributed by atoms with Crippen LogP contribution >= 0.6 is 0 Å². The summed E-state index contributed by atoms with van der Waals surface area (Å²) >= 11 is 0.